The lowest BCUT2D eigenvalue weighted by molar-refractivity contribution is 0.585. The molecule has 1 unspecified atom stereocenters. The third-order valence-electron chi connectivity index (χ3n) is 3.30. The summed E-state index contributed by atoms with van der Waals surface area (Å²) in [5, 5.41) is 3.53. The predicted octanol–water partition coefficient (Wildman–Crippen LogP) is 1.94. The van der Waals surface area contributed by atoms with Gasteiger partial charge < -0.3 is 15.1 Å². The van der Waals surface area contributed by atoms with E-state index in [4.69, 9.17) is 0 Å². The molecule has 1 aromatic carbocycles. The number of hydrogen-bond acceptors (Lipinski definition) is 3. The molecular weight excluding hydrogens is 210 g/mol. The molecule has 0 saturated carbocycles. The first-order chi connectivity index (χ1) is 8.16. The van der Waals surface area contributed by atoms with Crippen LogP contribution in [0, 0.1) is 0 Å². The fourth-order valence-electron chi connectivity index (χ4n) is 2.31. The minimum atomic E-state index is 0.570. The summed E-state index contributed by atoms with van der Waals surface area (Å²) >= 11 is 0. The largest absolute Gasteiger partial charge is 0.378 e. The van der Waals surface area contributed by atoms with Crippen molar-refractivity contribution in [3.63, 3.8) is 0 Å². The fourth-order valence-corrected chi connectivity index (χ4v) is 2.31. The van der Waals surface area contributed by atoms with Crippen LogP contribution in [0.25, 0.3) is 0 Å². The van der Waals surface area contributed by atoms with E-state index in [0.29, 0.717) is 6.04 Å². The van der Waals surface area contributed by atoms with E-state index < -0.39 is 0 Å². The van der Waals surface area contributed by atoms with Gasteiger partial charge in [-0.05, 0) is 38.1 Å². The van der Waals surface area contributed by atoms with Crippen molar-refractivity contribution in [2.24, 2.45) is 0 Å². The van der Waals surface area contributed by atoms with Gasteiger partial charge in [0.1, 0.15) is 0 Å². The van der Waals surface area contributed by atoms with Crippen molar-refractivity contribution in [2.75, 3.05) is 43.5 Å². The van der Waals surface area contributed by atoms with E-state index in [1.807, 2.05) is 0 Å². The molecule has 3 heteroatoms. The number of benzene rings is 1. The minimum Gasteiger partial charge on any atom is -0.378 e. The lowest BCUT2D eigenvalue weighted by Gasteiger charge is -2.26. The zero-order valence-electron chi connectivity index (χ0n) is 11.1. The van der Waals surface area contributed by atoms with E-state index in [2.05, 4.69) is 60.4 Å². The molecule has 3 nitrogen and oxygen atoms in total. The lowest BCUT2D eigenvalue weighted by atomic mass is 10.2. The molecule has 1 saturated heterocycles. The first kappa shape index (κ1) is 12.2. The Morgan fingerprint density at radius 1 is 1.35 bits per heavy atom. The van der Waals surface area contributed by atoms with Crippen LogP contribution in [0.2, 0.25) is 0 Å². The second kappa shape index (κ2) is 5.41. The maximum absolute atomic E-state index is 3.53. The van der Waals surface area contributed by atoms with Gasteiger partial charge in [-0.3, -0.25) is 0 Å². The molecule has 0 amide bonds. The highest BCUT2D eigenvalue weighted by molar-refractivity contribution is 5.59. The predicted molar refractivity (Wildman–Crippen MR) is 75.1 cm³/mol. The van der Waals surface area contributed by atoms with E-state index in [9.17, 15) is 0 Å². The summed E-state index contributed by atoms with van der Waals surface area (Å²) in [6.45, 7) is 5.63. The Labute approximate surface area is 104 Å². The number of nitrogens with zero attached hydrogens (tertiary/aromatic N) is 2. The monoisotopic (exact) mass is 233 g/mol. The van der Waals surface area contributed by atoms with Crippen LogP contribution in [-0.4, -0.2) is 39.8 Å². The first-order valence-electron chi connectivity index (χ1n) is 6.42. The molecule has 0 bridgehead atoms. The smallest absolute Gasteiger partial charge is 0.0387 e. The number of anilines is 2. The van der Waals surface area contributed by atoms with E-state index >= 15 is 0 Å². The van der Waals surface area contributed by atoms with Crippen LogP contribution in [0.4, 0.5) is 11.4 Å². The second-order valence-corrected chi connectivity index (χ2v) is 5.07. The van der Waals surface area contributed by atoms with Crippen molar-refractivity contribution in [1.29, 1.82) is 0 Å². The molecule has 1 fully saturated rings. The van der Waals surface area contributed by atoms with Crippen LogP contribution in [0.15, 0.2) is 24.3 Å². The van der Waals surface area contributed by atoms with Crippen molar-refractivity contribution in [2.45, 2.75) is 19.4 Å². The molecule has 2 rings (SSSR count). The second-order valence-electron chi connectivity index (χ2n) is 5.07. The highest BCUT2D eigenvalue weighted by Crippen LogP contribution is 2.22. The van der Waals surface area contributed by atoms with Gasteiger partial charge in [-0.15, -0.1) is 0 Å². The summed E-state index contributed by atoms with van der Waals surface area (Å²) in [6, 6.07) is 9.36. The Morgan fingerprint density at radius 3 is 2.94 bits per heavy atom. The van der Waals surface area contributed by atoms with Crippen molar-refractivity contribution in [3.8, 4) is 0 Å². The van der Waals surface area contributed by atoms with Gasteiger partial charge in [-0.25, -0.2) is 0 Å². The molecule has 0 radical (unpaired) electrons. The van der Waals surface area contributed by atoms with E-state index in [-0.39, 0.29) is 0 Å². The molecule has 1 heterocycles. The Hall–Kier alpha value is -1.22. The van der Waals surface area contributed by atoms with E-state index in [1.54, 1.807) is 0 Å². The number of hydrogen-bond donors (Lipinski definition) is 1. The van der Waals surface area contributed by atoms with Gasteiger partial charge >= 0.3 is 0 Å². The minimum absolute atomic E-state index is 0.570. The SMILES string of the molecule is CC1CN(c2cccc(N(C)C)c2)CCCN1. The molecule has 1 atom stereocenters. The van der Waals surface area contributed by atoms with Crippen LogP contribution in [-0.2, 0) is 0 Å². The summed E-state index contributed by atoms with van der Waals surface area (Å²) in [7, 11) is 4.18. The molecule has 0 spiro atoms. The van der Waals surface area contributed by atoms with Crippen molar-refractivity contribution in [1.82, 2.24) is 5.32 Å². The molecule has 94 valence electrons. The summed E-state index contributed by atoms with van der Waals surface area (Å²) in [6.07, 6.45) is 1.22. The summed E-state index contributed by atoms with van der Waals surface area (Å²) in [5.74, 6) is 0. The van der Waals surface area contributed by atoms with Gasteiger partial charge in [-0.2, -0.15) is 0 Å². The molecule has 1 aliphatic heterocycles. The molecule has 1 aromatic rings. The van der Waals surface area contributed by atoms with Crippen molar-refractivity contribution >= 4 is 11.4 Å². The quantitative estimate of drug-likeness (QED) is 0.842. The van der Waals surface area contributed by atoms with Gasteiger partial charge in [0.2, 0.25) is 0 Å². The zero-order chi connectivity index (χ0) is 12.3. The molecule has 0 aliphatic carbocycles. The average molecular weight is 233 g/mol. The maximum atomic E-state index is 3.53. The maximum Gasteiger partial charge on any atom is 0.0387 e. The number of nitrogens with one attached hydrogen (secondary N) is 1. The highest BCUT2D eigenvalue weighted by atomic mass is 15.2. The van der Waals surface area contributed by atoms with E-state index in [0.717, 1.165) is 19.6 Å². The average Bonchev–Trinajstić information content (AvgIpc) is 2.54. The third-order valence-corrected chi connectivity index (χ3v) is 3.30. The fraction of sp³-hybridized carbons (Fsp3) is 0.571. The summed E-state index contributed by atoms with van der Waals surface area (Å²) in [4.78, 5) is 4.64. The van der Waals surface area contributed by atoms with Gasteiger partial charge in [-0.1, -0.05) is 6.07 Å². The van der Waals surface area contributed by atoms with Crippen molar-refractivity contribution in [3.05, 3.63) is 24.3 Å². The Kier molecular flexibility index (Phi) is 3.89. The Bertz CT molecular complexity index is 362. The first-order valence-corrected chi connectivity index (χ1v) is 6.42. The summed E-state index contributed by atoms with van der Waals surface area (Å²) in [5.41, 5.74) is 2.61. The van der Waals surface area contributed by atoms with Crippen LogP contribution < -0.4 is 15.1 Å². The van der Waals surface area contributed by atoms with Crippen LogP contribution in [0.1, 0.15) is 13.3 Å². The molecule has 17 heavy (non-hydrogen) atoms. The summed E-state index contributed by atoms with van der Waals surface area (Å²) < 4.78 is 0. The standard InChI is InChI=1S/C14H23N3/c1-12-11-17(9-5-8-15-12)14-7-4-6-13(10-14)16(2)3/h4,6-7,10,12,15H,5,8-9,11H2,1-3H3. The molecule has 1 N–H and O–H groups in total. The third kappa shape index (κ3) is 3.13. The molecule has 1 aliphatic rings. The van der Waals surface area contributed by atoms with Gasteiger partial charge in [0.25, 0.3) is 0 Å². The molecular formula is C14H23N3. The lowest BCUT2D eigenvalue weighted by Crippen LogP contribution is -2.35. The normalized spacial score (nSPS) is 21.1. The van der Waals surface area contributed by atoms with E-state index in [1.165, 1.54) is 17.8 Å². The van der Waals surface area contributed by atoms with Crippen LogP contribution in [0.5, 0.6) is 0 Å². The van der Waals surface area contributed by atoms with Crippen molar-refractivity contribution < 1.29 is 0 Å². The molecule has 0 aromatic heterocycles. The topological polar surface area (TPSA) is 18.5 Å². The highest BCUT2D eigenvalue weighted by Gasteiger charge is 2.14. The van der Waals surface area contributed by atoms with Crippen LogP contribution >= 0.6 is 0 Å². The Balaban J connectivity index is 2.17. The van der Waals surface area contributed by atoms with Gasteiger partial charge in [0.05, 0.1) is 0 Å². The number of rotatable bonds is 2. The van der Waals surface area contributed by atoms with Crippen LogP contribution in [0.3, 0.4) is 0 Å². The Morgan fingerprint density at radius 2 is 2.18 bits per heavy atom. The van der Waals surface area contributed by atoms with Gasteiger partial charge in [0, 0.05) is 44.6 Å². The zero-order valence-corrected chi connectivity index (χ0v) is 11.1. The van der Waals surface area contributed by atoms with Gasteiger partial charge in [0.15, 0.2) is 0 Å².